The molecule has 2 rings (SSSR count). The van der Waals surface area contributed by atoms with Gasteiger partial charge in [-0.05, 0) is 28.0 Å². The van der Waals surface area contributed by atoms with E-state index in [-0.39, 0.29) is 12.8 Å². The summed E-state index contributed by atoms with van der Waals surface area (Å²) >= 11 is 1.43. The summed E-state index contributed by atoms with van der Waals surface area (Å²) in [6, 6.07) is 10.8. The number of rotatable bonds is 5. The van der Waals surface area contributed by atoms with Gasteiger partial charge in [-0.25, -0.2) is 4.79 Å². The lowest BCUT2D eigenvalue weighted by atomic mass is 10.2. The summed E-state index contributed by atoms with van der Waals surface area (Å²) in [6.45, 7) is 0.0606. The Morgan fingerprint density at radius 1 is 1.25 bits per heavy atom. The summed E-state index contributed by atoms with van der Waals surface area (Å²) < 4.78 is 16.8. The molecule has 5 nitrogen and oxygen atoms in total. The van der Waals surface area contributed by atoms with E-state index in [1.54, 1.807) is 23.6 Å². The van der Waals surface area contributed by atoms with Crippen molar-refractivity contribution >= 4 is 24.9 Å². The van der Waals surface area contributed by atoms with Crippen molar-refractivity contribution in [2.75, 3.05) is 0 Å². The first-order chi connectivity index (χ1) is 9.55. The van der Waals surface area contributed by atoms with Gasteiger partial charge in [0.05, 0.1) is 6.16 Å². The topological polar surface area (TPSA) is 75.6 Å². The monoisotopic (exact) mass is 311 g/mol. The Balaban J connectivity index is 1.83. The van der Waals surface area contributed by atoms with E-state index in [0.717, 1.165) is 5.56 Å². The number of hydrogen-bond donors (Lipinski definition) is 2. The molecule has 0 saturated heterocycles. The van der Waals surface area contributed by atoms with Gasteiger partial charge in [-0.2, -0.15) is 11.3 Å². The molecule has 20 heavy (non-hydrogen) atoms. The highest BCUT2D eigenvalue weighted by Gasteiger charge is 2.22. The highest BCUT2D eigenvalue weighted by molar-refractivity contribution is 7.55. The molecule has 1 heterocycles. The predicted molar refractivity (Wildman–Crippen MR) is 77.6 cm³/mol. The van der Waals surface area contributed by atoms with Crippen LogP contribution >= 0.6 is 18.9 Å². The van der Waals surface area contributed by atoms with Crippen LogP contribution in [0, 0.1) is 0 Å². The molecule has 0 spiro atoms. The van der Waals surface area contributed by atoms with Crippen LogP contribution in [-0.2, 0) is 22.1 Å². The molecule has 0 aliphatic heterocycles. The summed E-state index contributed by atoms with van der Waals surface area (Å²) in [5.74, 6) is 0. The van der Waals surface area contributed by atoms with Crippen LogP contribution in [0.2, 0.25) is 0 Å². The minimum atomic E-state index is -3.78. The van der Waals surface area contributed by atoms with Gasteiger partial charge in [0.15, 0.2) is 0 Å². The second-order valence-corrected chi connectivity index (χ2v) is 6.89. The van der Waals surface area contributed by atoms with E-state index in [1.165, 1.54) is 11.3 Å². The molecule has 1 aromatic heterocycles. The molecule has 1 amide bonds. The Hall–Kier alpha value is -1.62. The molecular weight excluding hydrogens is 297 g/mol. The Kier molecular flexibility index (Phi) is 4.95. The number of carbonyl (C=O) groups excluding carboxylic acids is 1. The lowest BCUT2D eigenvalue weighted by Crippen LogP contribution is -2.22. The van der Waals surface area contributed by atoms with E-state index in [4.69, 9.17) is 4.74 Å². The zero-order chi connectivity index (χ0) is 14.4. The van der Waals surface area contributed by atoms with Gasteiger partial charge in [0.2, 0.25) is 0 Å². The Labute approximate surface area is 120 Å². The van der Waals surface area contributed by atoms with E-state index >= 15 is 0 Å². The number of nitrogens with one attached hydrogen (secondary N) is 1. The van der Waals surface area contributed by atoms with E-state index in [1.807, 2.05) is 28.7 Å². The van der Waals surface area contributed by atoms with Gasteiger partial charge >= 0.3 is 6.09 Å². The smallest absolute Gasteiger partial charge is 0.414 e. The van der Waals surface area contributed by atoms with Crippen LogP contribution in [0.5, 0.6) is 0 Å². The standard InChI is InChI=1S/C13H14NO4PS/c15-13(18-8-11-4-2-1-3-5-11)14-19(16,17)9-12-6-7-20-10-12/h1-7,10H,8-9H2,(H2,14,15,16,17). The number of benzene rings is 1. The fourth-order valence-corrected chi connectivity index (χ4v) is 3.48. The van der Waals surface area contributed by atoms with E-state index in [0.29, 0.717) is 5.56 Å². The molecule has 0 bridgehead atoms. The SMILES string of the molecule is O=C(NP(=O)(O)Cc1ccsc1)OCc1ccccc1. The molecule has 7 heteroatoms. The van der Waals surface area contributed by atoms with E-state index in [2.05, 4.69) is 0 Å². The minimum absolute atomic E-state index is 0.0606. The third-order valence-corrected chi connectivity index (χ3v) is 4.51. The van der Waals surface area contributed by atoms with Crippen molar-refractivity contribution < 1.29 is 19.0 Å². The van der Waals surface area contributed by atoms with Crippen LogP contribution in [0.25, 0.3) is 0 Å². The molecule has 0 saturated carbocycles. The van der Waals surface area contributed by atoms with Gasteiger partial charge in [-0.3, -0.25) is 9.65 Å². The van der Waals surface area contributed by atoms with Crippen LogP contribution in [0.4, 0.5) is 4.79 Å². The average molecular weight is 311 g/mol. The fourth-order valence-electron chi connectivity index (χ4n) is 1.57. The third kappa shape index (κ3) is 4.81. The Morgan fingerprint density at radius 2 is 2.00 bits per heavy atom. The molecule has 2 N–H and O–H groups in total. The summed E-state index contributed by atoms with van der Waals surface area (Å²) in [6.07, 6.45) is -0.994. The lowest BCUT2D eigenvalue weighted by molar-refractivity contribution is 0.145. The van der Waals surface area contributed by atoms with Crippen LogP contribution < -0.4 is 5.09 Å². The van der Waals surface area contributed by atoms with Gasteiger partial charge in [0, 0.05) is 0 Å². The highest BCUT2D eigenvalue weighted by Crippen LogP contribution is 2.40. The average Bonchev–Trinajstić information content (AvgIpc) is 2.89. The molecule has 0 radical (unpaired) electrons. The lowest BCUT2D eigenvalue weighted by Gasteiger charge is -2.12. The molecular formula is C13H14NO4PS. The first-order valence-electron chi connectivity index (χ1n) is 5.87. The van der Waals surface area contributed by atoms with Crippen molar-refractivity contribution in [3.05, 3.63) is 58.3 Å². The van der Waals surface area contributed by atoms with E-state index in [9.17, 15) is 14.3 Å². The fraction of sp³-hybridized carbons (Fsp3) is 0.154. The minimum Gasteiger partial charge on any atom is -0.444 e. The maximum absolute atomic E-state index is 11.9. The molecule has 1 atom stereocenters. The molecule has 106 valence electrons. The zero-order valence-electron chi connectivity index (χ0n) is 10.6. The third-order valence-electron chi connectivity index (χ3n) is 2.46. The predicted octanol–water partition coefficient (Wildman–Crippen LogP) is 3.36. The highest BCUT2D eigenvalue weighted by atomic mass is 32.1. The van der Waals surface area contributed by atoms with Crippen molar-refractivity contribution in [2.24, 2.45) is 0 Å². The number of ether oxygens (including phenoxy) is 1. The molecule has 1 unspecified atom stereocenters. The van der Waals surface area contributed by atoms with Gasteiger partial charge in [-0.1, -0.05) is 30.3 Å². The van der Waals surface area contributed by atoms with Crippen LogP contribution in [0.1, 0.15) is 11.1 Å². The van der Waals surface area contributed by atoms with Crippen molar-refractivity contribution in [2.45, 2.75) is 12.8 Å². The molecule has 2 aromatic rings. The summed E-state index contributed by atoms with van der Waals surface area (Å²) in [4.78, 5) is 21.2. The molecule has 0 aliphatic carbocycles. The second-order valence-electron chi connectivity index (χ2n) is 4.16. The number of amides is 1. The van der Waals surface area contributed by atoms with Crippen molar-refractivity contribution in [1.82, 2.24) is 5.09 Å². The maximum atomic E-state index is 11.9. The molecule has 1 aromatic carbocycles. The van der Waals surface area contributed by atoms with E-state index < -0.39 is 13.6 Å². The summed E-state index contributed by atoms with van der Waals surface area (Å²) in [5.41, 5.74) is 1.53. The van der Waals surface area contributed by atoms with Crippen LogP contribution in [-0.4, -0.2) is 11.0 Å². The summed E-state index contributed by atoms with van der Waals surface area (Å²) in [7, 11) is -3.78. The molecule has 0 aliphatic rings. The Bertz CT molecular complexity index is 600. The first kappa shape index (κ1) is 14.8. The van der Waals surface area contributed by atoms with Crippen molar-refractivity contribution in [3.63, 3.8) is 0 Å². The first-order valence-corrected chi connectivity index (χ1v) is 8.66. The van der Waals surface area contributed by atoms with Crippen LogP contribution in [0.3, 0.4) is 0 Å². The number of carbonyl (C=O) groups is 1. The maximum Gasteiger partial charge on any atom is 0.414 e. The Morgan fingerprint density at radius 3 is 2.65 bits per heavy atom. The van der Waals surface area contributed by atoms with Gasteiger partial charge < -0.3 is 9.63 Å². The normalized spacial score (nSPS) is 13.4. The quantitative estimate of drug-likeness (QED) is 0.830. The number of hydrogen-bond acceptors (Lipinski definition) is 4. The summed E-state index contributed by atoms with van der Waals surface area (Å²) in [5, 5.41) is 5.59. The largest absolute Gasteiger partial charge is 0.444 e. The number of thiophene rings is 1. The zero-order valence-corrected chi connectivity index (χ0v) is 12.3. The molecule has 0 fully saturated rings. The van der Waals surface area contributed by atoms with Crippen LogP contribution in [0.15, 0.2) is 47.2 Å². The van der Waals surface area contributed by atoms with Gasteiger partial charge in [0.25, 0.3) is 7.52 Å². The van der Waals surface area contributed by atoms with Crippen molar-refractivity contribution in [1.29, 1.82) is 0 Å². The van der Waals surface area contributed by atoms with Gasteiger partial charge in [-0.15, -0.1) is 0 Å². The second kappa shape index (κ2) is 6.70. The van der Waals surface area contributed by atoms with Gasteiger partial charge in [0.1, 0.15) is 6.61 Å². The van der Waals surface area contributed by atoms with Crippen molar-refractivity contribution in [3.8, 4) is 0 Å².